The molecule has 0 spiro atoms. The van der Waals surface area contributed by atoms with E-state index in [1.807, 2.05) is 6.26 Å². The number of rotatable bonds is 10. The van der Waals surface area contributed by atoms with Gasteiger partial charge in [0.05, 0.1) is 19.4 Å². The van der Waals surface area contributed by atoms with Gasteiger partial charge in [-0.3, -0.25) is 4.90 Å². The SMILES string of the molecule is COCCN(Cc1cc(CNCC(C)C)co1)C1CC1. The van der Waals surface area contributed by atoms with Crippen molar-refractivity contribution in [3.05, 3.63) is 23.7 Å². The largest absolute Gasteiger partial charge is 0.468 e. The number of nitrogens with zero attached hydrogens (tertiary/aromatic N) is 1. The quantitative estimate of drug-likeness (QED) is 0.715. The number of methoxy groups -OCH3 is 1. The molecule has 1 aliphatic carbocycles. The van der Waals surface area contributed by atoms with E-state index in [0.717, 1.165) is 44.6 Å². The van der Waals surface area contributed by atoms with Crippen molar-refractivity contribution in [3.63, 3.8) is 0 Å². The van der Waals surface area contributed by atoms with Crippen LogP contribution in [0.3, 0.4) is 0 Å². The summed E-state index contributed by atoms with van der Waals surface area (Å²) in [5, 5.41) is 3.44. The lowest BCUT2D eigenvalue weighted by atomic mass is 10.2. The van der Waals surface area contributed by atoms with Crippen LogP contribution in [0.25, 0.3) is 0 Å². The monoisotopic (exact) mass is 280 g/mol. The molecule has 1 aromatic rings. The molecule has 0 saturated heterocycles. The Morgan fingerprint density at radius 2 is 2.25 bits per heavy atom. The second-order valence-electron chi connectivity index (χ2n) is 6.14. The summed E-state index contributed by atoms with van der Waals surface area (Å²) in [7, 11) is 1.76. The van der Waals surface area contributed by atoms with E-state index in [-0.39, 0.29) is 0 Å². The van der Waals surface area contributed by atoms with Crippen LogP contribution in [0.2, 0.25) is 0 Å². The topological polar surface area (TPSA) is 37.6 Å². The third-order valence-corrected chi connectivity index (χ3v) is 3.59. The highest BCUT2D eigenvalue weighted by molar-refractivity contribution is 5.13. The molecule has 2 rings (SSSR count). The van der Waals surface area contributed by atoms with Gasteiger partial charge in [0, 0.05) is 31.8 Å². The summed E-state index contributed by atoms with van der Waals surface area (Å²) in [6.07, 6.45) is 4.50. The van der Waals surface area contributed by atoms with Crippen LogP contribution in [-0.4, -0.2) is 37.7 Å². The van der Waals surface area contributed by atoms with E-state index >= 15 is 0 Å². The van der Waals surface area contributed by atoms with Gasteiger partial charge in [0.15, 0.2) is 0 Å². The molecule has 1 aromatic heterocycles. The smallest absolute Gasteiger partial charge is 0.118 e. The van der Waals surface area contributed by atoms with Gasteiger partial charge >= 0.3 is 0 Å². The van der Waals surface area contributed by atoms with Crippen molar-refractivity contribution in [1.29, 1.82) is 0 Å². The van der Waals surface area contributed by atoms with E-state index in [1.54, 1.807) is 7.11 Å². The molecule has 0 aromatic carbocycles. The minimum absolute atomic E-state index is 0.681. The highest BCUT2D eigenvalue weighted by Gasteiger charge is 2.29. The molecular weight excluding hydrogens is 252 g/mol. The first kappa shape index (κ1) is 15.5. The first-order valence-electron chi connectivity index (χ1n) is 7.69. The summed E-state index contributed by atoms with van der Waals surface area (Å²) in [5.74, 6) is 1.75. The Hall–Kier alpha value is -0.840. The van der Waals surface area contributed by atoms with Crippen molar-refractivity contribution in [3.8, 4) is 0 Å². The number of furan rings is 1. The Kier molecular flexibility index (Phi) is 6.07. The van der Waals surface area contributed by atoms with Crippen molar-refractivity contribution in [2.45, 2.75) is 45.8 Å². The minimum atomic E-state index is 0.681. The molecule has 4 heteroatoms. The molecule has 1 heterocycles. The van der Waals surface area contributed by atoms with E-state index in [9.17, 15) is 0 Å². The van der Waals surface area contributed by atoms with E-state index in [0.29, 0.717) is 5.92 Å². The molecule has 0 aliphatic heterocycles. The van der Waals surface area contributed by atoms with Gasteiger partial charge in [-0.2, -0.15) is 0 Å². The molecule has 1 saturated carbocycles. The zero-order valence-corrected chi connectivity index (χ0v) is 13.0. The molecule has 0 radical (unpaired) electrons. The number of hydrogen-bond donors (Lipinski definition) is 1. The van der Waals surface area contributed by atoms with Gasteiger partial charge in [0.25, 0.3) is 0 Å². The Balaban J connectivity index is 1.78. The van der Waals surface area contributed by atoms with Crippen molar-refractivity contribution < 1.29 is 9.15 Å². The average Bonchev–Trinajstić information content (AvgIpc) is 3.16. The van der Waals surface area contributed by atoms with Crippen LogP contribution in [0.1, 0.15) is 38.0 Å². The van der Waals surface area contributed by atoms with Gasteiger partial charge in [0.2, 0.25) is 0 Å². The molecule has 0 atom stereocenters. The second kappa shape index (κ2) is 7.81. The van der Waals surface area contributed by atoms with Gasteiger partial charge in [-0.15, -0.1) is 0 Å². The third kappa shape index (κ3) is 5.27. The second-order valence-corrected chi connectivity index (χ2v) is 6.14. The first-order chi connectivity index (χ1) is 9.69. The summed E-state index contributed by atoms with van der Waals surface area (Å²) in [4.78, 5) is 2.47. The van der Waals surface area contributed by atoms with Crippen molar-refractivity contribution in [2.75, 3.05) is 26.8 Å². The third-order valence-electron chi connectivity index (χ3n) is 3.59. The highest BCUT2D eigenvalue weighted by Crippen LogP contribution is 2.28. The van der Waals surface area contributed by atoms with Crippen molar-refractivity contribution >= 4 is 0 Å². The minimum Gasteiger partial charge on any atom is -0.468 e. The molecule has 0 bridgehead atoms. The zero-order valence-electron chi connectivity index (χ0n) is 13.0. The van der Waals surface area contributed by atoms with Crippen LogP contribution < -0.4 is 5.32 Å². The standard InChI is InChI=1S/C16H28N2O2/c1-13(2)9-17-10-14-8-16(20-12-14)11-18(6-7-19-3)15-4-5-15/h8,12-13,15,17H,4-7,9-11H2,1-3H3. The Labute approximate surface area is 122 Å². The number of nitrogens with one attached hydrogen (secondary N) is 1. The van der Waals surface area contributed by atoms with Crippen LogP contribution in [0.5, 0.6) is 0 Å². The predicted octanol–water partition coefficient (Wildman–Crippen LogP) is 2.64. The maximum Gasteiger partial charge on any atom is 0.118 e. The van der Waals surface area contributed by atoms with Crippen LogP contribution in [0.4, 0.5) is 0 Å². The summed E-state index contributed by atoms with van der Waals surface area (Å²) in [6, 6.07) is 2.91. The summed E-state index contributed by atoms with van der Waals surface area (Å²) in [6.45, 7) is 9.06. The van der Waals surface area contributed by atoms with Crippen LogP contribution in [-0.2, 0) is 17.8 Å². The summed E-state index contributed by atoms with van der Waals surface area (Å²) in [5.41, 5.74) is 1.24. The molecule has 4 nitrogen and oxygen atoms in total. The van der Waals surface area contributed by atoms with Gasteiger partial charge in [0.1, 0.15) is 5.76 Å². The molecule has 1 aliphatic rings. The maximum atomic E-state index is 5.69. The highest BCUT2D eigenvalue weighted by atomic mass is 16.5. The predicted molar refractivity (Wildman–Crippen MR) is 80.6 cm³/mol. The number of ether oxygens (including phenoxy) is 1. The van der Waals surface area contributed by atoms with Gasteiger partial charge in [-0.25, -0.2) is 0 Å². The Bertz CT molecular complexity index is 386. The lowest BCUT2D eigenvalue weighted by Gasteiger charge is -2.19. The van der Waals surface area contributed by atoms with Crippen LogP contribution in [0, 0.1) is 5.92 Å². The van der Waals surface area contributed by atoms with E-state index in [2.05, 4.69) is 30.1 Å². The van der Waals surface area contributed by atoms with Gasteiger partial charge in [-0.1, -0.05) is 13.8 Å². The van der Waals surface area contributed by atoms with Crippen LogP contribution >= 0.6 is 0 Å². The lowest BCUT2D eigenvalue weighted by molar-refractivity contribution is 0.134. The first-order valence-corrected chi connectivity index (χ1v) is 7.69. The van der Waals surface area contributed by atoms with E-state index < -0.39 is 0 Å². The Morgan fingerprint density at radius 1 is 1.45 bits per heavy atom. The molecule has 20 heavy (non-hydrogen) atoms. The van der Waals surface area contributed by atoms with E-state index in [4.69, 9.17) is 9.15 Å². The normalized spacial score (nSPS) is 15.4. The van der Waals surface area contributed by atoms with Crippen molar-refractivity contribution in [2.24, 2.45) is 5.92 Å². The Morgan fingerprint density at radius 3 is 2.90 bits per heavy atom. The molecule has 0 amide bonds. The maximum absolute atomic E-state index is 5.69. The molecule has 0 unspecified atom stereocenters. The van der Waals surface area contributed by atoms with Crippen molar-refractivity contribution in [1.82, 2.24) is 10.2 Å². The lowest BCUT2D eigenvalue weighted by Crippen LogP contribution is -2.28. The van der Waals surface area contributed by atoms with E-state index in [1.165, 1.54) is 18.4 Å². The molecule has 114 valence electrons. The summed E-state index contributed by atoms with van der Waals surface area (Å²) >= 11 is 0. The average molecular weight is 280 g/mol. The summed E-state index contributed by atoms with van der Waals surface area (Å²) < 4.78 is 10.9. The fourth-order valence-corrected chi connectivity index (χ4v) is 2.35. The fraction of sp³-hybridized carbons (Fsp3) is 0.750. The fourth-order valence-electron chi connectivity index (χ4n) is 2.35. The molecular formula is C16H28N2O2. The molecule has 1 fully saturated rings. The number of hydrogen-bond acceptors (Lipinski definition) is 4. The molecule has 1 N–H and O–H groups in total. The van der Waals surface area contributed by atoms with Gasteiger partial charge < -0.3 is 14.5 Å². The zero-order chi connectivity index (χ0) is 14.4. The van der Waals surface area contributed by atoms with Gasteiger partial charge in [-0.05, 0) is 31.4 Å². The van der Waals surface area contributed by atoms with Crippen LogP contribution in [0.15, 0.2) is 16.7 Å².